The molecule has 0 saturated carbocycles. The number of aliphatic hydroxyl groups is 2. The Labute approximate surface area is 191 Å². The number of epoxide rings is 1. The molecule has 1 aliphatic rings. The maximum Gasteiger partial charge on any atom is 0.104 e. The highest BCUT2D eigenvalue weighted by Crippen LogP contribution is 2.19. The van der Waals surface area contributed by atoms with Crippen molar-refractivity contribution in [3.63, 3.8) is 0 Å². The van der Waals surface area contributed by atoms with Gasteiger partial charge in [0, 0.05) is 6.61 Å². The van der Waals surface area contributed by atoms with Gasteiger partial charge in [-0.1, -0.05) is 76.9 Å². The molecular formula is C26H50O5. The highest BCUT2D eigenvalue weighted by Gasteiger charge is 2.31. The summed E-state index contributed by atoms with van der Waals surface area (Å²) in [5.74, 6) is 0. The summed E-state index contributed by atoms with van der Waals surface area (Å²) in [4.78, 5) is 0. The van der Waals surface area contributed by atoms with Crippen molar-refractivity contribution >= 4 is 0 Å². The van der Waals surface area contributed by atoms with E-state index in [1.165, 1.54) is 83.5 Å². The van der Waals surface area contributed by atoms with Gasteiger partial charge in [0.15, 0.2) is 0 Å². The second-order valence-electron chi connectivity index (χ2n) is 9.28. The van der Waals surface area contributed by atoms with Gasteiger partial charge in [0.25, 0.3) is 0 Å². The maximum absolute atomic E-state index is 9.64. The van der Waals surface area contributed by atoms with Crippen LogP contribution in [-0.2, 0) is 14.2 Å². The van der Waals surface area contributed by atoms with E-state index in [-0.39, 0.29) is 19.3 Å². The van der Waals surface area contributed by atoms with Crippen LogP contribution < -0.4 is 0 Å². The fraction of sp³-hybridized carbons (Fsp3) is 0.923. The van der Waals surface area contributed by atoms with Crippen molar-refractivity contribution in [2.75, 3.05) is 46.2 Å². The van der Waals surface area contributed by atoms with E-state index in [2.05, 4.69) is 19.1 Å². The molecule has 0 aliphatic carbocycles. The van der Waals surface area contributed by atoms with Crippen LogP contribution in [0.1, 0.15) is 96.8 Å². The van der Waals surface area contributed by atoms with E-state index < -0.39 is 5.41 Å². The molecule has 2 N–H and O–H groups in total. The van der Waals surface area contributed by atoms with Crippen LogP contribution in [0.25, 0.3) is 0 Å². The zero-order chi connectivity index (χ0) is 22.5. The predicted octanol–water partition coefficient (Wildman–Crippen LogP) is 5.43. The van der Waals surface area contributed by atoms with Crippen LogP contribution in [-0.4, -0.2) is 62.6 Å². The summed E-state index contributed by atoms with van der Waals surface area (Å²) < 4.78 is 16.4. The lowest BCUT2D eigenvalue weighted by Gasteiger charge is -2.29. The van der Waals surface area contributed by atoms with Crippen LogP contribution in [0.4, 0.5) is 0 Å². The van der Waals surface area contributed by atoms with E-state index in [9.17, 15) is 10.2 Å². The third-order valence-corrected chi connectivity index (χ3v) is 5.99. The highest BCUT2D eigenvalue weighted by atomic mass is 16.6. The standard InChI is InChI=1S/C26H50O5/c1-2-3-4-5-6-7-8-9-10-11-12-13-14-15-16-17-18-29-23-26(21-27,22-28)24-30-19-25-20-31-25/h9-10,25,27-28H,2-8,11-24H2,1H3/b10-9-. The molecular weight excluding hydrogens is 392 g/mol. The largest absolute Gasteiger partial charge is 0.396 e. The third-order valence-electron chi connectivity index (χ3n) is 5.99. The maximum atomic E-state index is 9.64. The molecule has 0 amide bonds. The molecule has 1 fully saturated rings. The van der Waals surface area contributed by atoms with Crippen molar-refractivity contribution < 1.29 is 24.4 Å². The molecule has 1 aliphatic heterocycles. The second kappa shape index (κ2) is 20.2. The summed E-state index contributed by atoms with van der Waals surface area (Å²) >= 11 is 0. The Morgan fingerprint density at radius 1 is 0.774 bits per heavy atom. The number of rotatable bonds is 24. The zero-order valence-electron chi connectivity index (χ0n) is 20.2. The summed E-state index contributed by atoms with van der Waals surface area (Å²) in [6.07, 6.45) is 23.0. The smallest absolute Gasteiger partial charge is 0.104 e. The van der Waals surface area contributed by atoms with E-state index in [0.29, 0.717) is 26.4 Å². The average Bonchev–Trinajstić information content (AvgIpc) is 3.61. The molecule has 5 heteroatoms. The monoisotopic (exact) mass is 442 g/mol. The van der Waals surface area contributed by atoms with Crippen LogP contribution in [0, 0.1) is 5.41 Å². The van der Waals surface area contributed by atoms with Crippen molar-refractivity contribution in [3.05, 3.63) is 12.2 Å². The fourth-order valence-electron chi connectivity index (χ4n) is 3.59. The van der Waals surface area contributed by atoms with E-state index in [1.807, 2.05) is 0 Å². The van der Waals surface area contributed by atoms with Crippen molar-refractivity contribution in [1.29, 1.82) is 0 Å². The van der Waals surface area contributed by atoms with Gasteiger partial charge in [0.1, 0.15) is 6.10 Å². The quantitative estimate of drug-likeness (QED) is 0.119. The molecule has 0 radical (unpaired) electrons. The molecule has 1 atom stereocenters. The number of allylic oxidation sites excluding steroid dienone is 2. The Hall–Kier alpha value is -0.460. The van der Waals surface area contributed by atoms with Crippen LogP contribution in [0.3, 0.4) is 0 Å². The van der Waals surface area contributed by atoms with Crippen LogP contribution in [0.2, 0.25) is 0 Å². The molecule has 0 aromatic carbocycles. The summed E-state index contributed by atoms with van der Waals surface area (Å²) in [5, 5.41) is 19.3. The molecule has 1 unspecified atom stereocenters. The van der Waals surface area contributed by atoms with E-state index >= 15 is 0 Å². The lowest BCUT2D eigenvalue weighted by Crippen LogP contribution is -2.40. The minimum atomic E-state index is -0.711. The summed E-state index contributed by atoms with van der Waals surface area (Å²) in [6, 6.07) is 0. The zero-order valence-corrected chi connectivity index (χ0v) is 20.2. The van der Waals surface area contributed by atoms with Gasteiger partial charge < -0.3 is 24.4 Å². The van der Waals surface area contributed by atoms with Crippen LogP contribution >= 0.6 is 0 Å². The minimum Gasteiger partial charge on any atom is -0.396 e. The van der Waals surface area contributed by atoms with Crippen molar-refractivity contribution in [2.24, 2.45) is 5.41 Å². The van der Waals surface area contributed by atoms with E-state index in [0.717, 1.165) is 13.0 Å². The molecule has 0 aromatic heterocycles. The Morgan fingerprint density at radius 2 is 1.29 bits per heavy atom. The Bertz CT molecular complexity index is 405. The fourth-order valence-corrected chi connectivity index (χ4v) is 3.59. The Morgan fingerprint density at radius 3 is 1.84 bits per heavy atom. The summed E-state index contributed by atoms with van der Waals surface area (Å²) in [6.45, 7) is 4.57. The molecule has 184 valence electrons. The first-order valence-electron chi connectivity index (χ1n) is 12.9. The molecule has 5 nitrogen and oxygen atoms in total. The lowest BCUT2D eigenvalue weighted by atomic mass is 9.92. The highest BCUT2D eigenvalue weighted by molar-refractivity contribution is 4.81. The SMILES string of the molecule is CCCCCCCC/C=C\CCCCCCCCOCC(CO)(CO)COCC1CO1. The van der Waals surface area contributed by atoms with E-state index in [1.54, 1.807) is 0 Å². The van der Waals surface area contributed by atoms with Gasteiger partial charge in [-0.15, -0.1) is 0 Å². The van der Waals surface area contributed by atoms with Gasteiger partial charge in [0.05, 0.1) is 45.1 Å². The van der Waals surface area contributed by atoms with Crippen molar-refractivity contribution in [3.8, 4) is 0 Å². The van der Waals surface area contributed by atoms with Gasteiger partial charge in [-0.05, 0) is 32.1 Å². The Kier molecular flexibility index (Phi) is 18.6. The van der Waals surface area contributed by atoms with Crippen molar-refractivity contribution in [1.82, 2.24) is 0 Å². The number of unbranched alkanes of at least 4 members (excludes halogenated alkanes) is 12. The topological polar surface area (TPSA) is 71.5 Å². The summed E-state index contributed by atoms with van der Waals surface area (Å²) in [7, 11) is 0. The summed E-state index contributed by atoms with van der Waals surface area (Å²) in [5.41, 5.74) is -0.711. The van der Waals surface area contributed by atoms with E-state index in [4.69, 9.17) is 14.2 Å². The third kappa shape index (κ3) is 16.8. The predicted molar refractivity (Wildman–Crippen MR) is 127 cm³/mol. The molecule has 0 aromatic rings. The molecule has 1 heterocycles. The second-order valence-corrected chi connectivity index (χ2v) is 9.28. The molecule has 31 heavy (non-hydrogen) atoms. The Balaban J connectivity index is 1.85. The van der Waals surface area contributed by atoms with Crippen molar-refractivity contribution in [2.45, 2.75) is 103 Å². The van der Waals surface area contributed by atoms with Crippen LogP contribution in [0.15, 0.2) is 12.2 Å². The van der Waals surface area contributed by atoms with Gasteiger partial charge in [-0.2, -0.15) is 0 Å². The number of hydrogen-bond acceptors (Lipinski definition) is 5. The number of aliphatic hydroxyl groups excluding tert-OH is 2. The van der Waals surface area contributed by atoms with Gasteiger partial charge in [0.2, 0.25) is 0 Å². The lowest BCUT2D eigenvalue weighted by molar-refractivity contribution is -0.0788. The molecule has 1 saturated heterocycles. The van der Waals surface area contributed by atoms with Gasteiger partial charge >= 0.3 is 0 Å². The first kappa shape index (κ1) is 28.6. The van der Waals surface area contributed by atoms with Gasteiger partial charge in [-0.25, -0.2) is 0 Å². The van der Waals surface area contributed by atoms with Crippen LogP contribution in [0.5, 0.6) is 0 Å². The normalized spacial score (nSPS) is 16.4. The molecule has 0 bridgehead atoms. The number of hydrogen-bond donors (Lipinski definition) is 2. The average molecular weight is 443 g/mol. The first-order valence-corrected chi connectivity index (χ1v) is 12.9. The number of ether oxygens (including phenoxy) is 3. The van der Waals surface area contributed by atoms with Gasteiger partial charge in [-0.3, -0.25) is 0 Å². The molecule has 1 rings (SSSR count). The molecule has 0 spiro atoms. The first-order chi connectivity index (χ1) is 15.3. The minimum absolute atomic E-state index is 0.136.